The van der Waals surface area contributed by atoms with Gasteiger partial charge in [0.25, 0.3) is 0 Å². The summed E-state index contributed by atoms with van der Waals surface area (Å²) < 4.78 is 0. The first-order chi connectivity index (χ1) is 5.35. The van der Waals surface area contributed by atoms with E-state index in [0.29, 0.717) is 5.92 Å². The molecule has 0 fully saturated rings. The maximum absolute atomic E-state index is 7.12. The van der Waals surface area contributed by atoms with Crippen LogP contribution in [0.25, 0.3) is 0 Å². The number of rotatable bonds is 7. The molecule has 0 aliphatic heterocycles. The molecular formula is C10H21N. The van der Waals surface area contributed by atoms with Gasteiger partial charge in [-0.05, 0) is 25.0 Å². The van der Waals surface area contributed by atoms with Crippen molar-refractivity contribution in [3.63, 3.8) is 0 Å². The molecule has 1 heteroatoms. The monoisotopic (exact) mass is 155 g/mol. The van der Waals surface area contributed by atoms with E-state index in [9.17, 15) is 0 Å². The first-order valence-electron chi connectivity index (χ1n) is 4.85. The standard InChI is InChI=1S/C10H21N/c1-3-5-6-7-8-10(4-2)9-11/h9-11H,3-8H2,1-2H3. The third-order valence-corrected chi connectivity index (χ3v) is 2.19. The van der Waals surface area contributed by atoms with E-state index < -0.39 is 0 Å². The molecule has 11 heavy (non-hydrogen) atoms. The maximum Gasteiger partial charge on any atom is -0.00168 e. The van der Waals surface area contributed by atoms with E-state index in [-0.39, 0.29) is 0 Å². The van der Waals surface area contributed by atoms with E-state index >= 15 is 0 Å². The molecule has 1 N–H and O–H groups in total. The Balaban J connectivity index is 3.14. The molecule has 0 aromatic rings. The van der Waals surface area contributed by atoms with Gasteiger partial charge < -0.3 is 5.41 Å². The lowest BCUT2D eigenvalue weighted by molar-refractivity contribution is 0.546. The van der Waals surface area contributed by atoms with Crippen molar-refractivity contribution in [3.8, 4) is 0 Å². The van der Waals surface area contributed by atoms with Crippen molar-refractivity contribution in [1.29, 1.82) is 5.41 Å². The van der Waals surface area contributed by atoms with E-state index in [1.54, 1.807) is 6.21 Å². The highest BCUT2D eigenvalue weighted by Gasteiger charge is 2.00. The highest BCUT2D eigenvalue weighted by atomic mass is 14.3. The zero-order valence-electron chi connectivity index (χ0n) is 7.90. The predicted octanol–water partition coefficient (Wildman–Crippen LogP) is 3.63. The van der Waals surface area contributed by atoms with Crippen LogP contribution in [0.5, 0.6) is 0 Å². The fourth-order valence-electron chi connectivity index (χ4n) is 1.24. The van der Waals surface area contributed by atoms with Crippen LogP contribution in [0, 0.1) is 11.3 Å². The second kappa shape index (κ2) is 7.77. The first-order valence-corrected chi connectivity index (χ1v) is 4.85. The van der Waals surface area contributed by atoms with Crippen LogP contribution in [-0.2, 0) is 0 Å². The summed E-state index contributed by atoms with van der Waals surface area (Å²) >= 11 is 0. The molecule has 0 aliphatic carbocycles. The molecule has 0 aromatic carbocycles. The number of unbranched alkanes of at least 4 members (excludes halogenated alkanes) is 3. The second-order valence-electron chi connectivity index (χ2n) is 3.18. The maximum atomic E-state index is 7.12. The molecule has 0 saturated carbocycles. The summed E-state index contributed by atoms with van der Waals surface area (Å²) in [6.07, 6.45) is 9.28. The van der Waals surface area contributed by atoms with Crippen molar-refractivity contribution in [1.82, 2.24) is 0 Å². The summed E-state index contributed by atoms with van der Waals surface area (Å²) in [5, 5.41) is 7.12. The Labute approximate surface area is 70.7 Å². The van der Waals surface area contributed by atoms with Gasteiger partial charge in [-0.25, -0.2) is 0 Å². The predicted molar refractivity (Wildman–Crippen MR) is 51.3 cm³/mol. The smallest absolute Gasteiger partial charge is 0.00168 e. The molecule has 0 bridgehead atoms. The average molecular weight is 155 g/mol. The minimum atomic E-state index is 0.548. The third kappa shape index (κ3) is 6.08. The molecule has 66 valence electrons. The Kier molecular flexibility index (Phi) is 7.54. The molecule has 0 amide bonds. The Hall–Kier alpha value is -0.330. The zero-order valence-corrected chi connectivity index (χ0v) is 7.90. The minimum absolute atomic E-state index is 0.548. The average Bonchev–Trinajstić information content (AvgIpc) is 2.05. The van der Waals surface area contributed by atoms with Crippen LogP contribution in [0.15, 0.2) is 0 Å². The SMILES string of the molecule is CCCCCCC(C=N)CC. The van der Waals surface area contributed by atoms with Crippen LogP contribution in [0.2, 0.25) is 0 Å². The molecule has 0 aliphatic rings. The van der Waals surface area contributed by atoms with Crippen molar-refractivity contribution in [2.75, 3.05) is 0 Å². The molecule has 1 atom stereocenters. The molecule has 0 spiro atoms. The van der Waals surface area contributed by atoms with E-state index in [1.165, 1.54) is 32.1 Å². The van der Waals surface area contributed by atoms with Crippen molar-refractivity contribution in [3.05, 3.63) is 0 Å². The Morgan fingerprint density at radius 2 is 1.91 bits per heavy atom. The highest BCUT2D eigenvalue weighted by molar-refractivity contribution is 5.56. The second-order valence-corrected chi connectivity index (χ2v) is 3.18. The highest BCUT2D eigenvalue weighted by Crippen LogP contribution is 2.11. The summed E-state index contributed by atoms with van der Waals surface area (Å²) in [4.78, 5) is 0. The molecule has 0 saturated heterocycles. The van der Waals surface area contributed by atoms with Gasteiger partial charge in [-0.3, -0.25) is 0 Å². The fourth-order valence-corrected chi connectivity index (χ4v) is 1.24. The van der Waals surface area contributed by atoms with Crippen molar-refractivity contribution in [2.24, 2.45) is 5.92 Å². The van der Waals surface area contributed by atoms with Gasteiger partial charge in [0.1, 0.15) is 0 Å². The van der Waals surface area contributed by atoms with Crippen LogP contribution in [-0.4, -0.2) is 6.21 Å². The van der Waals surface area contributed by atoms with Gasteiger partial charge in [0, 0.05) is 0 Å². The Bertz CT molecular complexity index is 88.9. The van der Waals surface area contributed by atoms with Gasteiger partial charge in [0.05, 0.1) is 0 Å². The zero-order chi connectivity index (χ0) is 8.53. The van der Waals surface area contributed by atoms with E-state index in [1.807, 2.05) is 0 Å². The minimum Gasteiger partial charge on any atom is -0.313 e. The Morgan fingerprint density at radius 1 is 1.18 bits per heavy atom. The summed E-state index contributed by atoms with van der Waals surface area (Å²) in [6.45, 7) is 4.39. The molecule has 1 nitrogen and oxygen atoms in total. The molecule has 1 unspecified atom stereocenters. The summed E-state index contributed by atoms with van der Waals surface area (Å²) in [6, 6.07) is 0. The van der Waals surface area contributed by atoms with Crippen molar-refractivity contribution in [2.45, 2.75) is 52.4 Å². The van der Waals surface area contributed by atoms with Gasteiger partial charge in [0.15, 0.2) is 0 Å². The largest absolute Gasteiger partial charge is 0.313 e. The molecule has 0 heterocycles. The summed E-state index contributed by atoms with van der Waals surface area (Å²) in [5.41, 5.74) is 0. The van der Waals surface area contributed by atoms with Crippen LogP contribution in [0.4, 0.5) is 0 Å². The quantitative estimate of drug-likeness (QED) is 0.429. The topological polar surface area (TPSA) is 23.9 Å². The summed E-state index contributed by atoms with van der Waals surface area (Å²) in [7, 11) is 0. The van der Waals surface area contributed by atoms with E-state index in [2.05, 4.69) is 13.8 Å². The lowest BCUT2D eigenvalue weighted by Crippen LogP contribution is -1.98. The van der Waals surface area contributed by atoms with Crippen LogP contribution in [0.1, 0.15) is 52.4 Å². The number of hydrogen-bond donors (Lipinski definition) is 1. The number of nitrogens with one attached hydrogen (secondary N) is 1. The van der Waals surface area contributed by atoms with Gasteiger partial charge in [0.2, 0.25) is 0 Å². The van der Waals surface area contributed by atoms with Crippen LogP contribution < -0.4 is 0 Å². The van der Waals surface area contributed by atoms with Crippen LogP contribution >= 0.6 is 0 Å². The van der Waals surface area contributed by atoms with Gasteiger partial charge >= 0.3 is 0 Å². The van der Waals surface area contributed by atoms with Gasteiger partial charge in [-0.1, -0.05) is 39.5 Å². The van der Waals surface area contributed by atoms with Crippen LogP contribution in [0.3, 0.4) is 0 Å². The third-order valence-electron chi connectivity index (χ3n) is 2.19. The van der Waals surface area contributed by atoms with Gasteiger partial charge in [-0.15, -0.1) is 0 Å². The lowest BCUT2D eigenvalue weighted by Gasteiger charge is -2.06. The molecule has 0 radical (unpaired) electrons. The number of hydrogen-bond acceptors (Lipinski definition) is 1. The van der Waals surface area contributed by atoms with E-state index in [4.69, 9.17) is 5.41 Å². The summed E-state index contributed by atoms with van der Waals surface area (Å²) in [5.74, 6) is 0.548. The van der Waals surface area contributed by atoms with E-state index in [0.717, 1.165) is 6.42 Å². The molecular weight excluding hydrogens is 134 g/mol. The van der Waals surface area contributed by atoms with Gasteiger partial charge in [-0.2, -0.15) is 0 Å². The van der Waals surface area contributed by atoms with Crippen molar-refractivity contribution < 1.29 is 0 Å². The Morgan fingerprint density at radius 3 is 2.36 bits per heavy atom. The van der Waals surface area contributed by atoms with Crippen molar-refractivity contribution >= 4 is 6.21 Å². The normalized spacial score (nSPS) is 12.9. The lowest BCUT2D eigenvalue weighted by atomic mass is 10.00. The fraction of sp³-hybridized carbons (Fsp3) is 0.900. The molecule has 0 rings (SSSR count). The first kappa shape index (κ1) is 10.7. The molecule has 0 aromatic heterocycles.